The Labute approximate surface area is 134 Å². The van der Waals surface area contributed by atoms with Gasteiger partial charge in [0.15, 0.2) is 0 Å². The van der Waals surface area contributed by atoms with Crippen LogP contribution in [0.2, 0.25) is 9.36 Å². The van der Waals surface area contributed by atoms with Gasteiger partial charge in [0.1, 0.15) is 17.9 Å². The molecule has 1 aromatic carbocycles. The number of thiophene rings is 1. The molecule has 0 unspecified atom stereocenters. The summed E-state index contributed by atoms with van der Waals surface area (Å²) >= 11 is 13.5. The van der Waals surface area contributed by atoms with Gasteiger partial charge in [-0.2, -0.15) is 0 Å². The number of ether oxygens (including phenoxy) is 1. The molecule has 6 heteroatoms. The molecule has 21 heavy (non-hydrogen) atoms. The molecule has 108 valence electrons. The van der Waals surface area contributed by atoms with Crippen molar-refractivity contribution in [1.82, 2.24) is 0 Å². The topological polar surface area (TPSA) is 39.4 Å². The normalized spacial score (nSPS) is 11.0. The van der Waals surface area contributed by atoms with Crippen molar-refractivity contribution in [2.45, 2.75) is 13.5 Å². The molecule has 3 aromatic rings. The van der Waals surface area contributed by atoms with Crippen molar-refractivity contribution in [3.63, 3.8) is 0 Å². The minimum Gasteiger partial charge on any atom is -0.486 e. The molecule has 0 saturated carbocycles. The molecule has 0 N–H and O–H groups in total. The van der Waals surface area contributed by atoms with Gasteiger partial charge < -0.3 is 9.15 Å². The molecule has 0 atom stereocenters. The molecule has 0 bridgehead atoms. The number of aryl methyl sites for hydroxylation is 1. The second kappa shape index (κ2) is 5.72. The van der Waals surface area contributed by atoms with Crippen LogP contribution in [0.15, 0.2) is 39.5 Å². The van der Waals surface area contributed by atoms with Crippen molar-refractivity contribution < 1.29 is 9.15 Å². The Kier molecular flexibility index (Phi) is 3.93. The van der Waals surface area contributed by atoms with Crippen molar-refractivity contribution in [3.8, 4) is 5.75 Å². The summed E-state index contributed by atoms with van der Waals surface area (Å²) in [6.07, 6.45) is 0. The van der Waals surface area contributed by atoms with Crippen molar-refractivity contribution in [2.24, 2.45) is 0 Å². The van der Waals surface area contributed by atoms with Crippen LogP contribution in [-0.4, -0.2) is 0 Å². The standard InChI is InChI=1S/C15H10Cl2O3S/c1-8-4-15(18)20-12-6-13(11(16)5-10(8)12)19-7-9-2-3-14(17)21-9/h2-6H,7H2,1H3. The van der Waals surface area contributed by atoms with E-state index in [2.05, 4.69) is 0 Å². The molecule has 2 heterocycles. The minimum absolute atomic E-state index is 0.360. The van der Waals surface area contributed by atoms with Crippen LogP contribution in [0.4, 0.5) is 0 Å². The van der Waals surface area contributed by atoms with E-state index in [4.69, 9.17) is 32.4 Å². The van der Waals surface area contributed by atoms with E-state index in [1.165, 1.54) is 17.4 Å². The summed E-state index contributed by atoms with van der Waals surface area (Å²) in [5, 5.41) is 1.27. The number of benzene rings is 1. The Hall–Kier alpha value is -1.49. The highest BCUT2D eigenvalue weighted by molar-refractivity contribution is 7.16. The van der Waals surface area contributed by atoms with E-state index in [0.717, 1.165) is 15.8 Å². The summed E-state index contributed by atoms with van der Waals surface area (Å²) in [7, 11) is 0. The van der Waals surface area contributed by atoms with Crippen molar-refractivity contribution in [2.75, 3.05) is 0 Å². The zero-order chi connectivity index (χ0) is 15.0. The fraction of sp³-hybridized carbons (Fsp3) is 0.133. The third-order valence-electron chi connectivity index (χ3n) is 3.00. The summed E-state index contributed by atoms with van der Waals surface area (Å²) in [6.45, 7) is 2.20. The van der Waals surface area contributed by atoms with Gasteiger partial charge in [0, 0.05) is 22.4 Å². The highest BCUT2D eigenvalue weighted by Crippen LogP contribution is 2.32. The van der Waals surface area contributed by atoms with E-state index in [9.17, 15) is 4.79 Å². The van der Waals surface area contributed by atoms with Gasteiger partial charge in [0.2, 0.25) is 0 Å². The molecular weight excluding hydrogens is 331 g/mol. The van der Waals surface area contributed by atoms with Gasteiger partial charge in [-0.1, -0.05) is 23.2 Å². The summed E-state index contributed by atoms with van der Waals surface area (Å²) in [6, 6.07) is 8.53. The monoisotopic (exact) mass is 340 g/mol. The number of hydrogen-bond acceptors (Lipinski definition) is 4. The van der Waals surface area contributed by atoms with Crippen LogP contribution >= 0.6 is 34.5 Å². The van der Waals surface area contributed by atoms with Crippen molar-refractivity contribution >= 4 is 45.5 Å². The lowest BCUT2D eigenvalue weighted by Gasteiger charge is -2.09. The Morgan fingerprint density at radius 2 is 2.05 bits per heavy atom. The average Bonchev–Trinajstić information content (AvgIpc) is 2.83. The van der Waals surface area contributed by atoms with E-state index >= 15 is 0 Å². The Morgan fingerprint density at radius 3 is 2.76 bits per heavy atom. The molecule has 0 saturated heterocycles. The summed E-state index contributed by atoms with van der Waals surface area (Å²) in [4.78, 5) is 12.4. The van der Waals surface area contributed by atoms with Gasteiger partial charge in [0.05, 0.1) is 9.36 Å². The average molecular weight is 341 g/mol. The largest absolute Gasteiger partial charge is 0.486 e. The number of halogens is 2. The smallest absolute Gasteiger partial charge is 0.336 e. The maximum absolute atomic E-state index is 11.4. The lowest BCUT2D eigenvalue weighted by atomic mass is 10.1. The van der Waals surface area contributed by atoms with Crippen molar-refractivity contribution in [3.05, 3.63) is 60.6 Å². The van der Waals surface area contributed by atoms with Gasteiger partial charge in [-0.25, -0.2) is 4.79 Å². The fourth-order valence-electron chi connectivity index (χ4n) is 2.01. The SMILES string of the molecule is Cc1cc(=O)oc2cc(OCc3ccc(Cl)s3)c(Cl)cc12. The summed E-state index contributed by atoms with van der Waals surface area (Å²) in [5.74, 6) is 0.474. The maximum Gasteiger partial charge on any atom is 0.336 e. The predicted molar refractivity (Wildman–Crippen MR) is 85.9 cm³/mol. The van der Waals surface area contributed by atoms with Gasteiger partial charge in [0.25, 0.3) is 0 Å². The molecule has 0 spiro atoms. The number of hydrogen-bond donors (Lipinski definition) is 0. The van der Waals surface area contributed by atoms with Crippen LogP contribution in [0.1, 0.15) is 10.4 Å². The molecule has 0 aliphatic rings. The second-order valence-electron chi connectivity index (χ2n) is 4.52. The first kappa shape index (κ1) is 14.4. The second-order valence-corrected chi connectivity index (χ2v) is 6.73. The molecule has 0 aliphatic heterocycles. The first-order valence-corrected chi connectivity index (χ1v) is 7.71. The molecule has 3 nitrogen and oxygen atoms in total. The molecule has 2 aromatic heterocycles. The third-order valence-corrected chi connectivity index (χ3v) is 4.50. The summed E-state index contributed by atoms with van der Waals surface area (Å²) in [5.41, 5.74) is 0.890. The highest BCUT2D eigenvalue weighted by atomic mass is 35.5. The predicted octanol–water partition coefficient (Wildman–Crippen LogP) is 5.05. The Morgan fingerprint density at radius 1 is 1.24 bits per heavy atom. The highest BCUT2D eigenvalue weighted by Gasteiger charge is 2.10. The van der Waals surface area contributed by atoms with E-state index < -0.39 is 5.63 Å². The van der Waals surface area contributed by atoms with Crippen LogP contribution in [-0.2, 0) is 6.61 Å². The minimum atomic E-state index is -0.390. The lowest BCUT2D eigenvalue weighted by molar-refractivity contribution is 0.310. The molecular formula is C15H10Cl2O3S. The zero-order valence-electron chi connectivity index (χ0n) is 11.0. The van der Waals surface area contributed by atoms with E-state index in [1.807, 2.05) is 19.1 Å². The van der Waals surface area contributed by atoms with E-state index in [-0.39, 0.29) is 0 Å². The van der Waals surface area contributed by atoms with Gasteiger partial charge in [-0.3, -0.25) is 0 Å². The van der Waals surface area contributed by atoms with E-state index in [0.29, 0.717) is 27.3 Å². The fourth-order valence-corrected chi connectivity index (χ4v) is 3.23. The Balaban J connectivity index is 1.95. The number of rotatable bonds is 3. The quantitative estimate of drug-likeness (QED) is 0.626. The first-order chi connectivity index (χ1) is 10.0. The molecule has 0 aliphatic carbocycles. The van der Waals surface area contributed by atoms with Crippen LogP contribution in [0.3, 0.4) is 0 Å². The third kappa shape index (κ3) is 3.07. The zero-order valence-corrected chi connectivity index (χ0v) is 13.3. The Bertz CT molecular complexity index is 867. The maximum atomic E-state index is 11.4. The van der Waals surface area contributed by atoms with Gasteiger partial charge in [-0.05, 0) is 30.7 Å². The molecule has 0 radical (unpaired) electrons. The molecule has 3 rings (SSSR count). The first-order valence-electron chi connectivity index (χ1n) is 6.14. The summed E-state index contributed by atoms with van der Waals surface area (Å²) < 4.78 is 11.6. The van der Waals surface area contributed by atoms with Crippen LogP contribution in [0.25, 0.3) is 11.0 Å². The lowest BCUT2D eigenvalue weighted by Crippen LogP contribution is -1.99. The van der Waals surface area contributed by atoms with Gasteiger partial charge >= 0.3 is 5.63 Å². The van der Waals surface area contributed by atoms with Crippen molar-refractivity contribution in [1.29, 1.82) is 0 Å². The van der Waals surface area contributed by atoms with Crippen LogP contribution in [0.5, 0.6) is 5.75 Å². The van der Waals surface area contributed by atoms with Crippen LogP contribution < -0.4 is 10.4 Å². The molecule has 0 amide bonds. The molecule has 0 fully saturated rings. The van der Waals surface area contributed by atoms with Crippen LogP contribution in [0, 0.1) is 6.92 Å². The van der Waals surface area contributed by atoms with Gasteiger partial charge in [-0.15, -0.1) is 11.3 Å². The number of fused-ring (bicyclic) bond motifs is 1. The van der Waals surface area contributed by atoms with E-state index in [1.54, 1.807) is 12.1 Å².